The number of benzene rings is 1. The van der Waals surface area contributed by atoms with Crippen molar-refractivity contribution in [2.24, 2.45) is 0 Å². The van der Waals surface area contributed by atoms with E-state index in [0.29, 0.717) is 5.75 Å². The molecule has 1 aliphatic rings. The summed E-state index contributed by atoms with van der Waals surface area (Å²) < 4.78 is 0. The van der Waals surface area contributed by atoms with Gasteiger partial charge in [-0.05, 0) is 25.3 Å². The highest BCUT2D eigenvalue weighted by atomic mass is 32.2. The second-order valence-electron chi connectivity index (χ2n) is 5.05. The Labute approximate surface area is 119 Å². The van der Waals surface area contributed by atoms with Crippen molar-refractivity contribution in [3.05, 3.63) is 35.4 Å². The molecule has 0 bridgehead atoms. The van der Waals surface area contributed by atoms with Crippen LogP contribution in [0.15, 0.2) is 24.3 Å². The van der Waals surface area contributed by atoms with Crippen molar-refractivity contribution >= 4 is 17.7 Å². The molecule has 0 spiro atoms. The minimum absolute atomic E-state index is 0.0482. The molecule has 0 aromatic heterocycles. The quantitative estimate of drug-likeness (QED) is 0.898. The lowest BCUT2D eigenvalue weighted by atomic mass is 10.2. The highest BCUT2D eigenvalue weighted by molar-refractivity contribution is 7.99. The largest absolute Gasteiger partial charge is 0.394 e. The van der Waals surface area contributed by atoms with Crippen LogP contribution in [0.2, 0.25) is 0 Å². The van der Waals surface area contributed by atoms with Crippen molar-refractivity contribution < 1.29 is 9.90 Å². The molecule has 4 heteroatoms. The predicted molar refractivity (Wildman–Crippen MR) is 79.2 cm³/mol. The Bertz CT molecular complexity index is 436. The monoisotopic (exact) mass is 279 g/mol. The van der Waals surface area contributed by atoms with Crippen LogP contribution in [0.1, 0.15) is 24.0 Å². The average molecular weight is 279 g/mol. The molecule has 3 nitrogen and oxygen atoms in total. The van der Waals surface area contributed by atoms with E-state index in [9.17, 15) is 9.90 Å². The lowest BCUT2D eigenvalue weighted by Crippen LogP contribution is -2.38. The summed E-state index contributed by atoms with van der Waals surface area (Å²) in [5.41, 5.74) is 2.52. The second kappa shape index (κ2) is 6.96. The highest BCUT2D eigenvalue weighted by Crippen LogP contribution is 2.19. The number of rotatable bonds is 5. The first kappa shape index (κ1) is 14.4. The van der Waals surface area contributed by atoms with Crippen LogP contribution >= 0.6 is 11.8 Å². The van der Waals surface area contributed by atoms with Gasteiger partial charge in [-0.3, -0.25) is 4.79 Å². The lowest BCUT2D eigenvalue weighted by molar-refractivity contribution is -0.129. The molecule has 2 rings (SSSR count). The molecule has 0 radical (unpaired) electrons. The molecule has 1 N–H and O–H groups in total. The van der Waals surface area contributed by atoms with Crippen molar-refractivity contribution in [3.8, 4) is 0 Å². The first-order valence-electron chi connectivity index (χ1n) is 6.74. The van der Waals surface area contributed by atoms with Gasteiger partial charge in [-0.15, -0.1) is 11.8 Å². The molecule has 104 valence electrons. The molecule has 1 amide bonds. The summed E-state index contributed by atoms with van der Waals surface area (Å²) in [6.45, 7) is 2.97. The number of aryl methyl sites for hydroxylation is 1. The van der Waals surface area contributed by atoms with E-state index < -0.39 is 0 Å². The summed E-state index contributed by atoms with van der Waals surface area (Å²) in [6.07, 6.45) is 1.95. The summed E-state index contributed by atoms with van der Waals surface area (Å²) in [7, 11) is 0. The SMILES string of the molecule is Cc1cccc(CSCC(=O)N2CCC[C@@H]2CO)c1. The molecular formula is C15H21NO2S. The molecule has 0 saturated carbocycles. The Morgan fingerprint density at radius 3 is 3.11 bits per heavy atom. The maximum atomic E-state index is 12.1. The van der Waals surface area contributed by atoms with Crippen molar-refractivity contribution in [2.45, 2.75) is 31.6 Å². The van der Waals surface area contributed by atoms with E-state index in [1.807, 2.05) is 4.90 Å². The maximum absolute atomic E-state index is 12.1. The third-order valence-electron chi connectivity index (χ3n) is 3.48. The Morgan fingerprint density at radius 2 is 2.37 bits per heavy atom. The van der Waals surface area contributed by atoms with Gasteiger partial charge in [0.15, 0.2) is 0 Å². The van der Waals surface area contributed by atoms with Crippen LogP contribution < -0.4 is 0 Å². The van der Waals surface area contributed by atoms with Crippen LogP contribution in [0.25, 0.3) is 0 Å². The average Bonchev–Trinajstić information content (AvgIpc) is 2.87. The molecule has 19 heavy (non-hydrogen) atoms. The van der Waals surface area contributed by atoms with E-state index >= 15 is 0 Å². The normalized spacial score (nSPS) is 18.8. The summed E-state index contributed by atoms with van der Waals surface area (Å²) in [5, 5.41) is 9.22. The fraction of sp³-hybridized carbons (Fsp3) is 0.533. The fourth-order valence-electron chi connectivity index (χ4n) is 2.49. The summed E-state index contributed by atoms with van der Waals surface area (Å²) in [6, 6.07) is 8.43. The number of carbonyl (C=O) groups excluding carboxylic acids is 1. The number of carbonyl (C=O) groups is 1. The number of aliphatic hydroxyl groups is 1. The van der Waals surface area contributed by atoms with Crippen molar-refractivity contribution in [1.29, 1.82) is 0 Å². The number of thioether (sulfide) groups is 1. The number of amides is 1. The topological polar surface area (TPSA) is 40.5 Å². The zero-order valence-electron chi connectivity index (χ0n) is 11.3. The minimum atomic E-state index is 0.0482. The number of hydrogen-bond donors (Lipinski definition) is 1. The zero-order chi connectivity index (χ0) is 13.7. The van der Waals surface area contributed by atoms with Crippen LogP contribution in [-0.2, 0) is 10.5 Å². The number of aliphatic hydroxyl groups excluding tert-OH is 1. The van der Waals surface area contributed by atoms with Crippen molar-refractivity contribution in [3.63, 3.8) is 0 Å². The molecule has 1 fully saturated rings. The van der Waals surface area contributed by atoms with Gasteiger partial charge in [0.2, 0.25) is 5.91 Å². The van der Waals surface area contributed by atoms with Gasteiger partial charge in [0, 0.05) is 12.3 Å². The summed E-state index contributed by atoms with van der Waals surface area (Å²) in [4.78, 5) is 13.9. The molecule has 1 atom stereocenters. The van der Waals surface area contributed by atoms with Gasteiger partial charge in [0.1, 0.15) is 0 Å². The highest BCUT2D eigenvalue weighted by Gasteiger charge is 2.27. The Hall–Kier alpha value is -1.00. The standard InChI is InChI=1S/C15H21NO2S/c1-12-4-2-5-13(8-12)10-19-11-15(18)16-7-3-6-14(16)9-17/h2,4-5,8,14,17H,3,6-7,9-11H2,1H3/t14-/m1/s1. The van der Waals surface area contributed by atoms with Crippen molar-refractivity contribution in [1.82, 2.24) is 4.90 Å². The molecule has 1 aromatic rings. The van der Waals surface area contributed by atoms with Crippen LogP contribution in [0.4, 0.5) is 0 Å². The molecular weight excluding hydrogens is 258 g/mol. The fourth-order valence-corrected chi connectivity index (χ4v) is 3.35. The molecule has 1 saturated heterocycles. The zero-order valence-corrected chi connectivity index (χ0v) is 12.2. The third kappa shape index (κ3) is 3.98. The van der Waals surface area contributed by atoms with E-state index in [4.69, 9.17) is 0 Å². The Morgan fingerprint density at radius 1 is 1.53 bits per heavy atom. The van der Waals surface area contributed by atoms with Gasteiger partial charge in [-0.1, -0.05) is 29.8 Å². The van der Waals surface area contributed by atoms with Crippen LogP contribution in [0.5, 0.6) is 0 Å². The van der Waals surface area contributed by atoms with Crippen LogP contribution in [-0.4, -0.2) is 40.9 Å². The minimum Gasteiger partial charge on any atom is -0.394 e. The van der Waals surface area contributed by atoms with Gasteiger partial charge in [-0.2, -0.15) is 0 Å². The van der Waals surface area contributed by atoms with Gasteiger partial charge >= 0.3 is 0 Å². The Balaban J connectivity index is 1.78. The van der Waals surface area contributed by atoms with Crippen LogP contribution in [0.3, 0.4) is 0 Å². The summed E-state index contributed by atoms with van der Waals surface area (Å²) >= 11 is 1.65. The maximum Gasteiger partial charge on any atom is 0.232 e. The summed E-state index contributed by atoms with van der Waals surface area (Å²) in [5.74, 6) is 1.53. The van der Waals surface area contributed by atoms with Gasteiger partial charge in [-0.25, -0.2) is 0 Å². The first-order chi connectivity index (χ1) is 9.20. The molecule has 1 heterocycles. The van der Waals surface area contributed by atoms with Gasteiger partial charge in [0.25, 0.3) is 0 Å². The Kier molecular flexibility index (Phi) is 5.28. The first-order valence-corrected chi connectivity index (χ1v) is 7.90. The number of hydrogen-bond acceptors (Lipinski definition) is 3. The van der Waals surface area contributed by atoms with Gasteiger partial charge < -0.3 is 10.0 Å². The molecule has 1 aliphatic heterocycles. The smallest absolute Gasteiger partial charge is 0.232 e. The van der Waals surface area contributed by atoms with E-state index in [-0.39, 0.29) is 18.6 Å². The molecule has 0 aliphatic carbocycles. The second-order valence-corrected chi connectivity index (χ2v) is 6.03. The van der Waals surface area contributed by atoms with Gasteiger partial charge in [0.05, 0.1) is 18.4 Å². The van der Waals surface area contributed by atoms with E-state index in [0.717, 1.165) is 25.1 Å². The predicted octanol–water partition coefficient (Wildman–Crippen LogP) is 2.21. The molecule has 0 unspecified atom stereocenters. The van der Waals surface area contributed by atoms with E-state index in [2.05, 4.69) is 31.2 Å². The van der Waals surface area contributed by atoms with E-state index in [1.54, 1.807) is 11.8 Å². The number of likely N-dealkylation sites (tertiary alicyclic amines) is 1. The van der Waals surface area contributed by atoms with Crippen molar-refractivity contribution in [2.75, 3.05) is 18.9 Å². The third-order valence-corrected chi connectivity index (χ3v) is 4.47. The lowest BCUT2D eigenvalue weighted by Gasteiger charge is -2.22. The van der Waals surface area contributed by atoms with Crippen LogP contribution in [0, 0.1) is 6.92 Å². The van der Waals surface area contributed by atoms with E-state index in [1.165, 1.54) is 11.1 Å². The number of nitrogens with zero attached hydrogens (tertiary/aromatic N) is 1. The molecule has 1 aromatic carbocycles.